The zero-order chi connectivity index (χ0) is 17.8. The van der Waals surface area contributed by atoms with Gasteiger partial charge in [0.25, 0.3) is 0 Å². The molecule has 1 aromatic carbocycles. The van der Waals surface area contributed by atoms with E-state index < -0.39 is 41.3 Å². The van der Waals surface area contributed by atoms with Gasteiger partial charge in [-0.25, -0.2) is 18.0 Å². The Hall–Kier alpha value is -2.20. The maximum atomic E-state index is 13.7. The molecule has 3 N–H and O–H groups in total. The largest absolute Gasteiger partial charge is 0.442 e. The second-order valence-corrected chi connectivity index (χ2v) is 5.96. The molecule has 0 saturated carbocycles. The summed E-state index contributed by atoms with van der Waals surface area (Å²) in [4.78, 5) is 10.9. The van der Waals surface area contributed by atoms with E-state index >= 15 is 0 Å². The second-order valence-electron chi connectivity index (χ2n) is 5.96. The van der Waals surface area contributed by atoms with Crippen LogP contribution >= 0.6 is 0 Å². The Morgan fingerprint density at radius 2 is 1.83 bits per heavy atom. The van der Waals surface area contributed by atoms with Gasteiger partial charge in [-0.05, 0) is 26.8 Å². The van der Waals surface area contributed by atoms with E-state index in [2.05, 4.69) is 11.8 Å². The molecule has 23 heavy (non-hydrogen) atoms. The number of ether oxygens (including phenoxy) is 1. The van der Waals surface area contributed by atoms with Crippen molar-refractivity contribution in [1.82, 2.24) is 0 Å². The zero-order valence-corrected chi connectivity index (χ0v) is 13.0. The number of carbonyl (C=O) groups is 1. The lowest BCUT2D eigenvalue weighted by atomic mass is 9.96. The Balaban J connectivity index is 3.08. The van der Waals surface area contributed by atoms with E-state index in [1.54, 1.807) is 0 Å². The molecule has 0 aromatic heterocycles. The van der Waals surface area contributed by atoms with Crippen molar-refractivity contribution in [3.8, 4) is 11.8 Å². The van der Waals surface area contributed by atoms with Crippen molar-refractivity contribution in [2.24, 2.45) is 11.1 Å². The summed E-state index contributed by atoms with van der Waals surface area (Å²) in [6, 6.07) is 0.805. The first-order chi connectivity index (χ1) is 10.5. The summed E-state index contributed by atoms with van der Waals surface area (Å²) >= 11 is 0. The third-order valence-corrected chi connectivity index (χ3v) is 2.74. The minimum Gasteiger partial charge on any atom is -0.442 e. The standard InChI is InChI=1S/C16H18F3NO3/c1-16(2,3)6-4-5-13(23-15(20)22)14(21)9-7-11(18)12(19)8-10(9)17/h7-8,13-14,21H,5H2,1-3H3,(H2,20,22)/t13-,14+/m0/s1. The SMILES string of the molecule is CC(C)(C)C#CC[C@H](OC(N)=O)[C@H](O)c1cc(F)c(F)cc1F. The smallest absolute Gasteiger partial charge is 0.404 e. The molecular weight excluding hydrogens is 311 g/mol. The number of carbonyl (C=O) groups excluding carboxylic acids is 1. The van der Waals surface area contributed by atoms with Crippen LogP contribution in [0.15, 0.2) is 12.1 Å². The first kappa shape index (κ1) is 18.8. The fourth-order valence-electron chi connectivity index (χ4n) is 1.75. The number of halogens is 3. The number of aliphatic hydroxyl groups excluding tert-OH is 1. The lowest BCUT2D eigenvalue weighted by Gasteiger charge is -2.21. The Morgan fingerprint density at radius 1 is 1.26 bits per heavy atom. The van der Waals surface area contributed by atoms with Crippen molar-refractivity contribution in [1.29, 1.82) is 0 Å². The van der Waals surface area contributed by atoms with Crippen LogP contribution in [-0.2, 0) is 4.74 Å². The number of amides is 1. The highest BCUT2D eigenvalue weighted by molar-refractivity contribution is 5.65. The van der Waals surface area contributed by atoms with Crippen LogP contribution in [0.5, 0.6) is 0 Å². The van der Waals surface area contributed by atoms with Gasteiger partial charge in [0, 0.05) is 23.5 Å². The van der Waals surface area contributed by atoms with Crippen molar-refractivity contribution in [3.05, 3.63) is 35.1 Å². The molecule has 0 spiro atoms. The number of aliphatic hydroxyl groups is 1. The Morgan fingerprint density at radius 3 is 2.35 bits per heavy atom. The van der Waals surface area contributed by atoms with Crippen molar-refractivity contribution >= 4 is 6.09 Å². The third kappa shape index (κ3) is 5.83. The number of rotatable bonds is 4. The Bertz CT molecular complexity index is 644. The number of hydrogen-bond acceptors (Lipinski definition) is 3. The molecule has 7 heteroatoms. The minimum atomic E-state index is -1.74. The second kappa shape index (κ2) is 7.38. The maximum absolute atomic E-state index is 13.7. The molecule has 0 aliphatic rings. The fraction of sp³-hybridized carbons (Fsp3) is 0.438. The summed E-state index contributed by atoms with van der Waals surface area (Å²) < 4.78 is 44.6. The Labute approximate surface area is 132 Å². The van der Waals surface area contributed by atoms with Crippen LogP contribution in [0.1, 0.15) is 38.9 Å². The summed E-state index contributed by atoms with van der Waals surface area (Å²) in [5, 5.41) is 10.1. The molecule has 0 bridgehead atoms. The molecule has 126 valence electrons. The van der Waals surface area contributed by atoms with Crippen LogP contribution in [-0.4, -0.2) is 17.3 Å². The van der Waals surface area contributed by atoms with Gasteiger partial charge in [0.15, 0.2) is 11.6 Å². The molecule has 0 saturated heterocycles. The lowest BCUT2D eigenvalue weighted by molar-refractivity contribution is 0.00615. The molecule has 1 amide bonds. The minimum absolute atomic E-state index is 0.153. The predicted octanol–water partition coefficient (Wildman–Crippen LogP) is 3.04. The van der Waals surface area contributed by atoms with Gasteiger partial charge < -0.3 is 15.6 Å². The predicted molar refractivity (Wildman–Crippen MR) is 77.6 cm³/mol. The van der Waals surface area contributed by atoms with E-state index in [1.807, 2.05) is 20.8 Å². The summed E-state index contributed by atoms with van der Waals surface area (Å²) in [5.74, 6) is 1.65. The number of benzene rings is 1. The van der Waals surface area contributed by atoms with Gasteiger partial charge >= 0.3 is 6.09 Å². The highest BCUT2D eigenvalue weighted by Gasteiger charge is 2.27. The molecule has 2 atom stereocenters. The van der Waals surface area contributed by atoms with Gasteiger partial charge in [-0.15, -0.1) is 0 Å². The third-order valence-electron chi connectivity index (χ3n) is 2.74. The maximum Gasteiger partial charge on any atom is 0.404 e. The monoisotopic (exact) mass is 329 g/mol. The molecule has 0 heterocycles. The molecule has 4 nitrogen and oxygen atoms in total. The van der Waals surface area contributed by atoms with Crippen LogP contribution in [0, 0.1) is 34.7 Å². The lowest BCUT2D eigenvalue weighted by Crippen LogP contribution is -2.29. The van der Waals surface area contributed by atoms with Gasteiger partial charge in [-0.1, -0.05) is 11.8 Å². The van der Waals surface area contributed by atoms with Gasteiger partial charge in [0.2, 0.25) is 0 Å². The molecular formula is C16H18F3NO3. The normalized spacial score (nSPS) is 13.7. The molecule has 1 rings (SSSR count). The van der Waals surface area contributed by atoms with Crippen molar-refractivity contribution in [3.63, 3.8) is 0 Å². The van der Waals surface area contributed by atoms with E-state index in [0.29, 0.717) is 12.1 Å². The molecule has 0 aliphatic heterocycles. The molecule has 0 radical (unpaired) electrons. The highest BCUT2D eigenvalue weighted by Crippen LogP contribution is 2.26. The average molecular weight is 329 g/mol. The fourth-order valence-corrected chi connectivity index (χ4v) is 1.75. The molecule has 0 fully saturated rings. The average Bonchev–Trinajstić information content (AvgIpc) is 2.39. The van der Waals surface area contributed by atoms with E-state index in [0.717, 1.165) is 0 Å². The van der Waals surface area contributed by atoms with Gasteiger partial charge in [0.1, 0.15) is 18.0 Å². The van der Waals surface area contributed by atoms with E-state index in [9.17, 15) is 23.1 Å². The first-order valence-corrected chi connectivity index (χ1v) is 6.80. The first-order valence-electron chi connectivity index (χ1n) is 6.80. The zero-order valence-electron chi connectivity index (χ0n) is 13.0. The van der Waals surface area contributed by atoms with E-state index in [4.69, 9.17) is 10.5 Å². The van der Waals surface area contributed by atoms with Crippen LogP contribution in [0.4, 0.5) is 18.0 Å². The van der Waals surface area contributed by atoms with E-state index in [1.165, 1.54) is 0 Å². The highest BCUT2D eigenvalue weighted by atomic mass is 19.2. The van der Waals surface area contributed by atoms with Crippen molar-refractivity contribution in [2.75, 3.05) is 0 Å². The van der Waals surface area contributed by atoms with Crippen molar-refractivity contribution < 1.29 is 27.8 Å². The topological polar surface area (TPSA) is 72.5 Å². The summed E-state index contributed by atoms with van der Waals surface area (Å²) in [6.45, 7) is 5.53. The number of primary amides is 1. The van der Waals surface area contributed by atoms with Gasteiger partial charge in [0.05, 0.1) is 0 Å². The summed E-state index contributed by atoms with van der Waals surface area (Å²) in [6.07, 6.45) is -4.41. The van der Waals surface area contributed by atoms with Crippen LogP contribution in [0.2, 0.25) is 0 Å². The molecule has 0 aliphatic carbocycles. The van der Waals surface area contributed by atoms with Crippen molar-refractivity contribution in [2.45, 2.75) is 39.4 Å². The van der Waals surface area contributed by atoms with Gasteiger partial charge in [-0.2, -0.15) is 0 Å². The summed E-state index contributed by atoms with van der Waals surface area (Å²) in [7, 11) is 0. The van der Waals surface area contributed by atoms with Crippen LogP contribution in [0.25, 0.3) is 0 Å². The number of hydrogen-bond donors (Lipinski definition) is 2. The van der Waals surface area contributed by atoms with E-state index in [-0.39, 0.29) is 11.8 Å². The van der Waals surface area contributed by atoms with Gasteiger partial charge in [-0.3, -0.25) is 0 Å². The number of nitrogens with two attached hydrogens (primary N) is 1. The van der Waals surface area contributed by atoms with Crippen LogP contribution in [0.3, 0.4) is 0 Å². The Kier molecular flexibility index (Phi) is 6.05. The quantitative estimate of drug-likeness (QED) is 0.659. The molecule has 0 unspecified atom stereocenters. The summed E-state index contributed by atoms with van der Waals surface area (Å²) in [5.41, 5.74) is 4.02. The molecule has 1 aromatic rings. The van der Waals surface area contributed by atoms with Crippen LogP contribution < -0.4 is 5.73 Å².